The molecule has 0 heterocycles. The van der Waals surface area contributed by atoms with E-state index in [4.69, 9.17) is 9.47 Å². The topological polar surface area (TPSA) is 38.7 Å². The maximum Gasteiger partial charge on any atom is 0.125 e. The number of ether oxygens (including phenoxy) is 2. The van der Waals surface area contributed by atoms with Crippen molar-refractivity contribution in [3.05, 3.63) is 23.3 Å². The minimum atomic E-state index is -0.691. The number of methoxy groups -OCH3 is 2. The maximum atomic E-state index is 10.2. The Morgan fingerprint density at radius 2 is 1.82 bits per heavy atom. The average molecular weight is 236 g/mol. The van der Waals surface area contributed by atoms with E-state index in [1.807, 2.05) is 12.1 Å². The minimum Gasteiger partial charge on any atom is -0.496 e. The van der Waals surface area contributed by atoms with Crippen LogP contribution < -0.4 is 9.47 Å². The predicted molar refractivity (Wildman–Crippen MR) is 66.7 cm³/mol. The van der Waals surface area contributed by atoms with Crippen LogP contribution in [0.5, 0.6) is 11.5 Å². The van der Waals surface area contributed by atoms with Gasteiger partial charge in [0.25, 0.3) is 0 Å². The Hall–Kier alpha value is -1.22. The molecule has 2 rings (SSSR count). The van der Waals surface area contributed by atoms with Crippen LogP contribution in [0, 0.1) is 0 Å². The third kappa shape index (κ3) is 2.25. The van der Waals surface area contributed by atoms with Gasteiger partial charge in [-0.3, -0.25) is 0 Å². The van der Waals surface area contributed by atoms with Gasteiger partial charge in [-0.1, -0.05) is 13.3 Å². The van der Waals surface area contributed by atoms with Crippen molar-refractivity contribution in [2.75, 3.05) is 14.2 Å². The average Bonchev–Trinajstić information content (AvgIpc) is 3.08. The molecule has 0 aliphatic heterocycles. The van der Waals surface area contributed by atoms with Crippen LogP contribution in [-0.4, -0.2) is 19.3 Å². The lowest BCUT2D eigenvalue weighted by Gasteiger charge is -2.17. The second-order valence-electron chi connectivity index (χ2n) is 4.65. The van der Waals surface area contributed by atoms with Crippen LogP contribution in [0.1, 0.15) is 37.3 Å². The quantitative estimate of drug-likeness (QED) is 0.854. The van der Waals surface area contributed by atoms with Crippen LogP contribution in [0.2, 0.25) is 0 Å². The highest BCUT2D eigenvalue weighted by Gasteiger charge is 2.44. The zero-order chi connectivity index (χ0) is 12.5. The Bertz CT molecular complexity index is 408. The molecule has 0 aromatic heterocycles. The third-order valence-electron chi connectivity index (χ3n) is 3.35. The highest BCUT2D eigenvalue weighted by Crippen LogP contribution is 2.50. The zero-order valence-corrected chi connectivity index (χ0v) is 10.7. The normalized spacial score (nSPS) is 16.7. The van der Waals surface area contributed by atoms with Gasteiger partial charge in [-0.25, -0.2) is 0 Å². The predicted octanol–water partition coefficient (Wildman–Crippen LogP) is 2.64. The summed E-state index contributed by atoms with van der Waals surface area (Å²) in [4.78, 5) is 0. The summed E-state index contributed by atoms with van der Waals surface area (Å²) in [6.07, 6.45) is 3.63. The molecule has 3 nitrogen and oxygen atoms in total. The number of rotatable bonds is 5. The Morgan fingerprint density at radius 1 is 1.18 bits per heavy atom. The molecule has 1 aromatic rings. The van der Waals surface area contributed by atoms with Gasteiger partial charge in [0, 0.05) is 5.56 Å². The lowest BCUT2D eigenvalue weighted by molar-refractivity contribution is 0.147. The molecular weight excluding hydrogens is 216 g/mol. The molecule has 0 radical (unpaired) electrons. The van der Waals surface area contributed by atoms with Crippen molar-refractivity contribution >= 4 is 0 Å². The largest absolute Gasteiger partial charge is 0.496 e. The molecule has 0 amide bonds. The summed E-state index contributed by atoms with van der Waals surface area (Å²) in [6.45, 7) is 2.13. The molecule has 1 fully saturated rings. The smallest absolute Gasteiger partial charge is 0.125 e. The van der Waals surface area contributed by atoms with E-state index in [0.717, 1.165) is 48.3 Å². The van der Waals surface area contributed by atoms with Crippen molar-refractivity contribution in [2.24, 2.45) is 0 Å². The fourth-order valence-electron chi connectivity index (χ4n) is 2.18. The van der Waals surface area contributed by atoms with Crippen molar-refractivity contribution in [3.8, 4) is 11.5 Å². The summed E-state index contributed by atoms with van der Waals surface area (Å²) in [5.74, 6) is 1.62. The van der Waals surface area contributed by atoms with Gasteiger partial charge in [0.2, 0.25) is 0 Å². The van der Waals surface area contributed by atoms with E-state index < -0.39 is 5.60 Å². The molecule has 0 bridgehead atoms. The number of hydrogen-bond donors (Lipinski definition) is 1. The molecule has 3 heteroatoms. The van der Waals surface area contributed by atoms with Crippen molar-refractivity contribution in [1.29, 1.82) is 0 Å². The van der Waals surface area contributed by atoms with Gasteiger partial charge in [-0.05, 0) is 37.0 Å². The summed E-state index contributed by atoms with van der Waals surface area (Å²) >= 11 is 0. The fraction of sp³-hybridized carbons (Fsp3) is 0.571. The number of aliphatic hydroxyl groups is 1. The van der Waals surface area contributed by atoms with Gasteiger partial charge in [0.05, 0.1) is 19.8 Å². The molecule has 0 saturated heterocycles. The highest BCUT2D eigenvalue weighted by atomic mass is 16.5. The monoisotopic (exact) mass is 236 g/mol. The lowest BCUT2D eigenvalue weighted by Crippen LogP contribution is -2.08. The molecule has 1 aromatic carbocycles. The van der Waals surface area contributed by atoms with Gasteiger partial charge < -0.3 is 14.6 Å². The van der Waals surface area contributed by atoms with Gasteiger partial charge in [-0.2, -0.15) is 0 Å². The molecular formula is C14H20O3. The van der Waals surface area contributed by atoms with E-state index in [1.54, 1.807) is 14.2 Å². The summed E-state index contributed by atoms with van der Waals surface area (Å²) in [7, 11) is 3.31. The van der Waals surface area contributed by atoms with E-state index in [9.17, 15) is 5.11 Å². The minimum absolute atomic E-state index is 0.691. The van der Waals surface area contributed by atoms with Crippen LogP contribution in [-0.2, 0) is 12.0 Å². The summed E-state index contributed by atoms with van der Waals surface area (Å²) in [5.41, 5.74) is 1.31. The molecule has 1 saturated carbocycles. The van der Waals surface area contributed by atoms with Crippen LogP contribution in [0.15, 0.2) is 12.1 Å². The van der Waals surface area contributed by atoms with Crippen LogP contribution in [0.3, 0.4) is 0 Å². The van der Waals surface area contributed by atoms with Gasteiger partial charge in [0.1, 0.15) is 11.5 Å². The summed E-state index contributed by atoms with van der Waals surface area (Å²) in [6, 6.07) is 3.92. The molecule has 0 unspecified atom stereocenters. The molecule has 17 heavy (non-hydrogen) atoms. The molecule has 1 N–H and O–H groups in total. The van der Waals surface area contributed by atoms with E-state index in [0.29, 0.717) is 0 Å². The first kappa shape index (κ1) is 12.2. The standard InChI is InChI=1S/C14H20O3/c1-4-5-10-8-13(17-3)11(9-12(10)16-2)14(15)6-7-14/h8-9,15H,4-7H2,1-3H3. The molecule has 94 valence electrons. The highest BCUT2D eigenvalue weighted by molar-refractivity contribution is 5.50. The molecule has 1 aliphatic carbocycles. The maximum absolute atomic E-state index is 10.2. The number of aryl methyl sites for hydroxylation is 1. The van der Waals surface area contributed by atoms with E-state index in [2.05, 4.69) is 6.92 Å². The molecule has 0 atom stereocenters. The summed E-state index contributed by atoms with van der Waals surface area (Å²) < 4.78 is 10.8. The zero-order valence-electron chi connectivity index (χ0n) is 10.7. The Kier molecular flexibility index (Phi) is 3.29. The number of benzene rings is 1. The first-order valence-corrected chi connectivity index (χ1v) is 6.12. The Balaban J connectivity index is 2.45. The fourth-order valence-corrected chi connectivity index (χ4v) is 2.18. The SMILES string of the molecule is CCCc1cc(OC)c(C2(O)CC2)cc1OC. The van der Waals surface area contributed by atoms with E-state index in [-0.39, 0.29) is 0 Å². The van der Waals surface area contributed by atoms with Crippen LogP contribution >= 0.6 is 0 Å². The van der Waals surface area contributed by atoms with Crippen molar-refractivity contribution < 1.29 is 14.6 Å². The summed E-state index contributed by atoms with van der Waals surface area (Å²) in [5, 5.41) is 10.2. The third-order valence-corrected chi connectivity index (χ3v) is 3.35. The van der Waals surface area contributed by atoms with Gasteiger partial charge >= 0.3 is 0 Å². The molecule has 0 spiro atoms. The van der Waals surface area contributed by atoms with Crippen molar-refractivity contribution in [1.82, 2.24) is 0 Å². The Morgan fingerprint density at radius 3 is 2.29 bits per heavy atom. The first-order chi connectivity index (χ1) is 8.14. The first-order valence-electron chi connectivity index (χ1n) is 6.12. The Labute approximate surface area is 102 Å². The van der Waals surface area contributed by atoms with E-state index in [1.165, 1.54) is 0 Å². The molecule has 1 aliphatic rings. The van der Waals surface area contributed by atoms with Crippen LogP contribution in [0.25, 0.3) is 0 Å². The second kappa shape index (κ2) is 4.57. The van der Waals surface area contributed by atoms with Gasteiger partial charge in [0.15, 0.2) is 0 Å². The lowest BCUT2D eigenvalue weighted by atomic mass is 10.0. The number of hydrogen-bond acceptors (Lipinski definition) is 3. The van der Waals surface area contributed by atoms with Crippen molar-refractivity contribution in [2.45, 2.75) is 38.2 Å². The second-order valence-corrected chi connectivity index (χ2v) is 4.65. The van der Waals surface area contributed by atoms with E-state index >= 15 is 0 Å². The van der Waals surface area contributed by atoms with Crippen LogP contribution in [0.4, 0.5) is 0 Å². The van der Waals surface area contributed by atoms with Gasteiger partial charge in [-0.15, -0.1) is 0 Å². The van der Waals surface area contributed by atoms with Crippen molar-refractivity contribution in [3.63, 3.8) is 0 Å².